The van der Waals surface area contributed by atoms with Crippen LogP contribution in [0.3, 0.4) is 0 Å². The number of hydrogen-bond acceptors (Lipinski definition) is 5. The fourth-order valence-electron chi connectivity index (χ4n) is 0.939. The number of isocyanates is 1. The van der Waals surface area contributed by atoms with E-state index >= 15 is 0 Å². The fraction of sp³-hybridized carbons (Fsp3) is 0.375. The van der Waals surface area contributed by atoms with Crippen LogP contribution in [0.15, 0.2) is 4.99 Å². The van der Waals surface area contributed by atoms with Crippen LogP contribution in [0.25, 0.3) is 0 Å². The molecule has 0 aromatic carbocycles. The lowest BCUT2D eigenvalue weighted by molar-refractivity contribution is 0.392. The Labute approximate surface area is 75.5 Å². The number of methoxy groups -OCH3 is 1. The second-order valence-electron chi connectivity index (χ2n) is 2.43. The van der Waals surface area contributed by atoms with Gasteiger partial charge in [-0.2, -0.15) is 4.98 Å². The van der Waals surface area contributed by atoms with Gasteiger partial charge in [0, 0.05) is 0 Å². The topological polar surface area (TPSA) is 64.4 Å². The highest BCUT2D eigenvalue weighted by Gasteiger charge is 2.07. The van der Waals surface area contributed by atoms with Crippen molar-refractivity contribution in [3.05, 3.63) is 11.4 Å². The first-order chi connectivity index (χ1) is 6.19. The van der Waals surface area contributed by atoms with Crippen LogP contribution in [-0.4, -0.2) is 23.2 Å². The van der Waals surface area contributed by atoms with Gasteiger partial charge < -0.3 is 4.74 Å². The monoisotopic (exact) mass is 179 g/mol. The second-order valence-corrected chi connectivity index (χ2v) is 2.43. The van der Waals surface area contributed by atoms with Crippen molar-refractivity contribution >= 4 is 11.9 Å². The SMILES string of the molecule is COc1nc(C)nc(N=C=O)c1C. The minimum atomic E-state index is 0.305. The standard InChI is InChI=1S/C8H9N3O2/c1-5-7(9-4-12)10-6(2)11-8(5)13-3/h1-3H3. The Morgan fingerprint density at radius 1 is 1.38 bits per heavy atom. The summed E-state index contributed by atoms with van der Waals surface area (Å²) in [6.07, 6.45) is 1.43. The second kappa shape index (κ2) is 3.78. The Balaban J connectivity index is 3.34. The molecule has 68 valence electrons. The van der Waals surface area contributed by atoms with E-state index in [-0.39, 0.29) is 0 Å². The third-order valence-corrected chi connectivity index (χ3v) is 1.53. The maximum absolute atomic E-state index is 10.0. The molecule has 13 heavy (non-hydrogen) atoms. The molecule has 0 bridgehead atoms. The van der Waals surface area contributed by atoms with Gasteiger partial charge in [-0.05, 0) is 13.8 Å². The molecule has 5 heteroatoms. The molecule has 0 fully saturated rings. The van der Waals surface area contributed by atoms with E-state index in [1.54, 1.807) is 13.8 Å². The van der Waals surface area contributed by atoms with Gasteiger partial charge in [-0.3, -0.25) is 0 Å². The Bertz CT molecular complexity index is 370. The van der Waals surface area contributed by atoms with Gasteiger partial charge in [-0.25, -0.2) is 9.78 Å². The molecule has 0 aliphatic rings. The van der Waals surface area contributed by atoms with Gasteiger partial charge in [-0.15, -0.1) is 4.99 Å². The zero-order valence-corrected chi connectivity index (χ0v) is 7.66. The zero-order chi connectivity index (χ0) is 9.84. The zero-order valence-electron chi connectivity index (χ0n) is 7.66. The first kappa shape index (κ1) is 9.35. The smallest absolute Gasteiger partial charge is 0.242 e. The summed E-state index contributed by atoms with van der Waals surface area (Å²) >= 11 is 0. The number of aromatic nitrogens is 2. The van der Waals surface area contributed by atoms with Crippen LogP contribution < -0.4 is 4.74 Å². The van der Waals surface area contributed by atoms with Crippen molar-refractivity contribution in [3.8, 4) is 5.88 Å². The molecule has 0 radical (unpaired) electrons. The van der Waals surface area contributed by atoms with Gasteiger partial charge >= 0.3 is 0 Å². The summed E-state index contributed by atoms with van der Waals surface area (Å²) in [6.45, 7) is 3.43. The van der Waals surface area contributed by atoms with Crippen molar-refractivity contribution in [2.24, 2.45) is 4.99 Å². The predicted molar refractivity (Wildman–Crippen MR) is 45.8 cm³/mol. The highest BCUT2D eigenvalue weighted by atomic mass is 16.5. The molecule has 0 amide bonds. The fourth-order valence-corrected chi connectivity index (χ4v) is 0.939. The van der Waals surface area contributed by atoms with Gasteiger partial charge in [0.05, 0.1) is 12.7 Å². The average molecular weight is 179 g/mol. The van der Waals surface area contributed by atoms with Crippen LogP contribution in [0, 0.1) is 13.8 Å². The van der Waals surface area contributed by atoms with E-state index in [9.17, 15) is 4.79 Å². The van der Waals surface area contributed by atoms with Gasteiger partial charge in [0.2, 0.25) is 12.0 Å². The van der Waals surface area contributed by atoms with Crippen molar-refractivity contribution in [3.63, 3.8) is 0 Å². The van der Waals surface area contributed by atoms with Crippen molar-refractivity contribution in [1.82, 2.24) is 9.97 Å². The summed E-state index contributed by atoms with van der Waals surface area (Å²) in [7, 11) is 1.50. The maximum atomic E-state index is 10.0. The largest absolute Gasteiger partial charge is 0.481 e. The minimum absolute atomic E-state index is 0.305. The molecule has 1 aromatic rings. The molecule has 0 saturated heterocycles. The number of aliphatic imine (C=N–C) groups is 1. The molecule has 0 aliphatic heterocycles. The lowest BCUT2D eigenvalue weighted by Gasteiger charge is -2.04. The van der Waals surface area contributed by atoms with Crippen molar-refractivity contribution in [2.45, 2.75) is 13.8 Å². The summed E-state index contributed by atoms with van der Waals surface area (Å²) in [6, 6.07) is 0. The molecule has 0 N–H and O–H groups in total. The van der Waals surface area contributed by atoms with Crippen LogP contribution >= 0.6 is 0 Å². The lowest BCUT2D eigenvalue weighted by Crippen LogP contribution is -1.96. The van der Waals surface area contributed by atoms with E-state index < -0.39 is 0 Å². The number of carbonyl (C=O) groups excluding carboxylic acids is 1. The molecule has 1 rings (SSSR count). The number of hydrogen-bond donors (Lipinski definition) is 0. The Morgan fingerprint density at radius 2 is 2.08 bits per heavy atom. The summed E-state index contributed by atoms with van der Waals surface area (Å²) in [5.74, 6) is 1.25. The first-order valence-corrected chi connectivity index (χ1v) is 3.66. The van der Waals surface area contributed by atoms with E-state index in [1.807, 2.05) is 0 Å². The molecule has 0 spiro atoms. The minimum Gasteiger partial charge on any atom is -0.481 e. The third-order valence-electron chi connectivity index (χ3n) is 1.53. The van der Waals surface area contributed by atoms with Crippen LogP contribution in [0.2, 0.25) is 0 Å². The molecule has 0 atom stereocenters. The molecule has 5 nitrogen and oxygen atoms in total. The van der Waals surface area contributed by atoms with Crippen molar-refractivity contribution in [1.29, 1.82) is 0 Å². The van der Waals surface area contributed by atoms with Gasteiger partial charge in [0.1, 0.15) is 5.82 Å². The predicted octanol–water partition coefficient (Wildman–Crippen LogP) is 1.07. The number of rotatable bonds is 2. The Hall–Kier alpha value is -1.74. The third kappa shape index (κ3) is 1.89. The Morgan fingerprint density at radius 3 is 2.62 bits per heavy atom. The van der Waals surface area contributed by atoms with E-state index in [0.717, 1.165) is 0 Å². The quantitative estimate of drug-likeness (QED) is 0.503. The molecule has 1 aromatic heterocycles. The maximum Gasteiger partial charge on any atom is 0.242 e. The summed E-state index contributed by atoms with van der Waals surface area (Å²) in [5.41, 5.74) is 0.636. The number of ether oxygens (including phenoxy) is 1. The van der Waals surface area contributed by atoms with Gasteiger partial charge in [0.15, 0.2) is 5.82 Å². The van der Waals surface area contributed by atoms with E-state index in [2.05, 4.69) is 15.0 Å². The molecular weight excluding hydrogens is 170 g/mol. The summed E-state index contributed by atoms with van der Waals surface area (Å²) in [5, 5.41) is 0. The van der Waals surface area contributed by atoms with Crippen LogP contribution in [-0.2, 0) is 4.79 Å². The Kier molecular flexibility index (Phi) is 2.72. The first-order valence-electron chi connectivity index (χ1n) is 3.66. The van der Waals surface area contributed by atoms with Gasteiger partial charge in [0.25, 0.3) is 0 Å². The van der Waals surface area contributed by atoms with Crippen LogP contribution in [0.1, 0.15) is 11.4 Å². The van der Waals surface area contributed by atoms with E-state index in [1.165, 1.54) is 13.2 Å². The normalized spacial score (nSPS) is 9.15. The lowest BCUT2D eigenvalue weighted by atomic mass is 10.3. The molecule has 0 saturated carbocycles. The average Bonchev–Trinajstić information content (AvgIpc) is 2.11. The highest BCUT2D eigenvalue weighted by Crippen LogP contribution is 2.22. The summed E-state index contributed by atoms with van der Waals surface area (Å²) < 4.78 is 4.97. The number of nitrogens with zero attached hydrogens (tertiary/aromatic N) is 3. The molecular formula is C8H9N3O2. The van der Waals surface area contributed by atoms with Crippen molar-refractivity contribution < 1.29 is 9.53 Å². The molecule has 1 heterocycles. The van der Waals surface area contributed by atoms with Crippen LogP contribution in [0.5, 0.6) is 5.88 Å². The van der Waals surface area contributed by atoms with E-state index in [4.69, 9.17) is 4.74 Å². The summed E-state index contributed by atoms with van der Waals surface area (Å²) in [4.78, 5) is 21.4. The molecule has 0 unspecified atom stereocenters. The van der Waals surface area contributed by atoms with Crippen molar-refractivity contribution in [2.75, 3.05) is 7.11 Å². The van der Waals surface area contributed by atoms with Gasteiger partial charge in [-0.1, -0.05) is 0 Å². The van der Waals surface area contributed by atoms with E-state index in [0.29, 0.717) is 23.1 Å². The number of aryl methyl sites for hydroxylation is 1. The molecule has 0 aliphatic carbocycles. The highest BCUT2D eigenvalue weighted by molar-refractivity contribution is 5.51. The van der Waals surface area contributed by atoms with Crippen LogP contribution in [0.4, 0.5) is 5.82 Å².